The summed E-state index contributed by atoms with van der Waals surface area (Å²) in [6, 6.07) is 6.03. The van der Waals surface area contributed by atoms with Gasteiger partial charge in [-0.25, -0.2) is 0 Å². The minimum atomic E-state index is -0.173. The molecule has 0 aliphatic rings. The van der Waals surface area contributed by atoms with Gasteiger partial charge in [0.25, 0.3) is 5.91 Å². The van der Waals surface area contributed by atoms with Crippen molar-refractivity contribution in [1.82, 2.24) is 10.3 Å². The van der Waals surface area contributed by atoms with Gasteiger partial charge in [-0.15, -0.1) is 0 Å². The fraction of sp³-hybridized carbons (Fsp3) is 0.500. The number of nitrogens with one attached hydrogen (secondary N) is 1. The van der Waals surface area contributed by atoms with Gasteiger partial charge >= 0.3 is 0 Å². The lowest BCUT2D eigenvalue weighted by atomic mass is 10.2. The summed E-state index contributed by atoms with van der Waals surface area (Å²) in [5, 5.41) is 11.4. The average molecular weight is 260 g/mol. The van der Waals surface area contributed by atoms with Gasteiger partial charge in [0.1, 0.15) is 5.69 Å². The highest BCUT2D eigenvalue weighted by atomic mass is 16.1. The van der Waals surface area contributed by atoms with E-state index in [-0.39, 0.29) is 11.9 Å². The highest BCUT2D eigenvalue weighted by Crippen LogP contribution is 2.17. The number of pyridine rings is 1. The molecule has 19 heavy (non-hydrogen) atoms. The van der Waals surface area contributed by atoms with Gasteiger partial charge in [-0.05, 0) is 32.9 Å². The Morgan fingerprint density at radius 3 is 2.89 bits per heavy atom. The molecule has 0 aliphatic carbocycles. The third-order valence-electron chi connectivity index (χ3n) is 2.73. The van der Waals surface area contributed by atoms with Gasteiger partial charge in [0.2, 0.25) is 0 Å². The van der Waals surface area contributed by atoms with Gasteiger partial charge in [-0.3, -0.25) is 9.78 Å². The molecule has 1 heterocycles. The Labute approximate surface area is 114 Å². The quantitative estimate of drug-likeness (QED) is 0.849. The summed E-state index contributed by atoms with van der Waals surface area (Å²) in [6.45, 7) is 7.21. The van der Waals surface area contributed by atoms with Crippen LogP contribution in [0.4, 0.5) is 5.69 Å². The van der Waals surface area contributed by atoms with Crippen LogP contribution >= 0.6 is 0 Å². The third kappa shape index (κ3) is 4.25. The van der Waals surface area contributed by atoms with E-state index < -0.39 is 0 Å². The van der Waals surface area contributed by atoms with E-state index in [9.17, 15) is 4.79 Å². The molecule has 1 aromatic rings. The van der Waals surface area contributed by atoms with Crippen molar-refractivity contribution in [2.75, 3.05) is 18.0 Å². The van der Waals surface area contributed by atoms with Crippen molar-refractivity contribution in [3.8, 4) is 6.07 Å². The van der Waals surface area contributed by atoms with Crippen LogP contribution < -0.4 is 10.2 Å². The lowest BCUT2D eigenvalue weighted by Gasteiger charge is -2.28. The average Bonchev–Trinajstić information content (AvgIpc) is 2.39. The maximum Gasteiger partial charge on any atom is 0.269 e. The molecule has 0 fully saturated rings. The normalized spacial score (nSPS) is 10.1. The Balaban J connectivity index is 2.95. The molecule has 0 radical (unpaired) electrons. The third-order valence-corrected chi connectivity index (χ3v) is 2.73. The van der Waals surface area contributed by atoms with Crippen LogP contribution in [0.15, 0.2) is 18.3 Å². The van der Waals surface area contributed by atoms with Crippen LogP contribution in [0.3, 0.4) is 0 Å². The van der Waals surface area contributed by atoms with Crippen LogP contribution in [0.25, 0.3) is 0 Å². The lowest BCUT2D eigenvalue weighted by molar-refractivity contribution is 0.0951. The second-order valence-electron chi connectivity index (χ2n) is 4.45. The van der Waals surface area contributed by atoms with E-state index in [1.165, 1.54) is 0 Å². The van der Waals surface area contributed by atoms with E-state index in [4.69, 9.17) is 5.26 Å². The fourth-order valence-electron chi connectivity index (χ4n) is 1.83. The van der Waals surface area contributed by atoms with E-state index in [2.05, 4.69) is 35.1 Å². The summed E-state index contributed by atoms with van der Waals surface area (Å²) in [5.74, 6) is -0.173. The molecule has 0 saturated carbocycles. The van der Waals surface area contributed by atoms with Crippen LogP contribution in [-0.4, -0.2) is 30.0 Å². The largest absolute Gasteiger partial charge is 0.368 e. The van der Waals surface area contributed by atoms with Crippen molar-refractivity contribution in [3.63, 3.8) is 0 Å². The molecular weight excluding hydrogens is 240 g/mol. The number of carbonyl (C=O) groups is 1. The summed E-state index contributed by atoms with van der Waals surface area (Å²) < 4.78 is 0. The summed E-state index contributed by atoms with van der Waals surface area (Å²) in [4.78, 5) is 17.9. The van der Waals surface area contributed by atoms with Crippen LogP contribution in [0, 0.1) is 11.3 Å². The van der Waals surface area contributed by atoms with E-state index in [0.29, 0.717) is 25.2 Å². The van der Waals surface area contributed by atoms with Crippen molar-refractivity contribution in [1.29, 1.82) is 5.26 Å². The van der Waals surface area contributed by atoms with Crippen molar-refractivity contribution in [2.24, 2.45) is 0 Å². The molecule has 1 N–H and O–H groups in total. The zero-order valence-corrected chi connectivity index (χ0v) is 11.7. The summed E-state index contributed by atoms with van der Waals surface area (Å²) in [7, 11) is 0. The zero-order valence-electron chi connectivity index (χ0n) is 11.7. The summed E-state index contributed by atoms with van der Waals surface area (Å²) >= 11 is 0. The first-order valence-corrected chi connectivity index (χ1v) is 6.48. The molecule has 0 spiro atoms. The van der Waals surface area contributed by atoms with Crippen LogP contribution in [-0.2, 0) is 0 Å². The van der Waals surface area contributed by atoms with Gasteiger partial charge in [-0.2, -0.15) is 5.26 Å². The Hall–Kier alpha value is -2.09. The van der Waals surface area contributed by atoms with Crippen LogP contribution in [0.1, 0.15) is 37.7 Å². The molecule has 0 bridgehead atoms. The van der Waals surface area contributed by atoms with Gasteiger partial charge in [-0.1, -0.05) is 0 Å². The molecular formula is C14H20N4O. The van der Waals surface area contributed by atoms with E-state index >= 15 is 0 Å². The first-order valence-electron chi connectivity index (χ1n) is 6.48. The molecule has 0 saturated heterocycles. The number of carbonyl (C=O) groups excluding carboxylic acids is 1. The molecule has 1 aromatic heterocycles. The molecule has 5 nitrogen and oxygen atoms in total. The molecule has 102 valence electrons. The second-order valence-corrected chi connectivity index (χ2v) is 4.45. The minimum absolute atomic E-state index is 0.173. The molecule has 0 aromatic carbocycles. The van der Waals surface area contributed by atoms with Crippen LogP contribution in [0.5, 0.6) is 0 Å². The Morgan fingerprint density at radius 1 is 1.58 bits per heavy atom. The first kappa shape index (κ1) is 15.0. The highest BCUT2D eigenvalue weighted by molar-refractivity contribution is 5.93. The van der Waals surface area contributed by atoms with Gasteiger partial charge in [0, 0.05) is 31.0 Å². The fourth-order valence-corrected chi connectivity index (χ4v) is 1.83. The lowest BCUT2D eigenvalue weighted by Crippen LogP contribution is -2.32. The SMILES string of the molecule is CCNC(=O)c1cc(N(CCC#N)C(C)C)ccn1. The minimum Gasteiger partial charge on any atom is -0.368 e. The Morgan fingerprint density at radius 2 is 2.32 bits per heavy atom. The molecule has 1 amide bonds. The van der Waals surface area contributed by atoms with Gasteiger partial charge < -0.3 is 10.2 Å². The standard InChI is InChI=1S/C14H20N4O/c1-4-16-14(19)13-10-12(6-8-17-13)18(11(2)3)9-5-7-15/h6,8,10-11H,4-5,9H2,1-3H3,(H,16,19). The predicted octanol–water partition coefficient (Wildman–Crippen LogP) is 1.96. The second kappa shape index (κ2) is 7.37. The Kier molecular flexibility index (Phi) is 5.80. The molecule has 0 aliphatic heterocycles. The van der Waals surface area contributed by atoms with Crippen molar-refractivity contribution in [3.05, 3.63) is 24.0 Å². The number of aromatic nitrogens is 1. The number of hydrogen-bond donors (Lipinski definition) is 1. The zero-order chi connectivity index (χ0) is 14.3. The molecule has 5 heteroatoms. The Bertz CT molecular complexity index is 465. The topological polar surface area (TPSA) is 69.0 Å². The maximum atomic E-state index is 11.8. The monoisotopic (exact) mass is 260 g/mol. The number of anilines is 1. The molecule has 1 rings (SSSR count). The highest BCUT2D eigenvalue weighted by Gasteiger charge is 2.13. The smallest absolute Gasteiger partial charge is 0.269 e. The maximum absolute atomic E-state index is 11.8. The van der Waals surface area contributed by atoms with E-state index in [1.54, 1.807) is 12.3 Å². The van der Waals surface area contributed by atoms with E-state index in [0.717, 1.165) is 5.69 Å². The number of rotatable bonds is 6. The molecule has 0 unspecified atom stereocenters. The van der Waals surface area contributed by atoms with E-state index in [1.807, 2.05) is 13.0 Å². The number of nitrogens with zero attached hydrogens (tertiary/aromatic N) is 3. The number of nitriles is 1. The van der Waals surface area contributed by atoms with Crippen LogP contribution in [0.2, 0.25) is 0 Å². The predicted molar refractivity (Wildman–Crippen MR) is 75.0 cm³/mol. The van der Waals surface area contributed by atoms with Gasteiger partial charge in [0.15, 0.2) is 0 Å². The van der Waals surface area contributed by atoms with Crippen molar-refractivity contribution >= 4 is 11.6 Å². The summed E-state index contributed by atoms with van der Waals surface area (Å²) in [5.41, 5.74) is 1.32. The first-order chi connectivity index (χ1) is 9.10. The van der Waals surface area contributed by atoms with Gasteiger partial charge in [0.05, 0.1) is 12.5 Å². The number of hydrogen-bond acceptors (Lipinski definition) is 4. The molecule has 0 atom stereocenters. The van der Waals surface area contributed by atoms with Crippen molar-refractivity contribution < 1.29 is 4.79 Å². The number of amides is 1. The summed E-state index contributed by atoms with van der Waals surface area (Å²) in [6.07, 6.45) is 2.08. The van der Waals surface area contributed by atoms with Crippen molar-refractivity contribution in [2.45, 2.75) is 33.2 Å².